The number of anilines is 2. The summed E-state index contributed by atoms with van der Waals surface area (Å²) in [5, 5.41) is 8.12. The van der Waals surface area contributed by atoms with E-state index >= 15 is 0 Å². The van der Waals surface area contributed by atoms with E-state index in [1.54, 1.807) is 6.07 Å². The normalized spacial score (nSPS) is 11.3. The molecule has 0 aliphatic carbocycles. The number of urea groups is 1. The maximum absolute atomic E-state index is 13.4. The molecule has 0 unspecified atom stereocenters. The van der Waals surface area contributed by atoms with Gasteiger partial charge in [-0.15, -0.1) is 0 Å². The second-order valence-corrected chi connectivity index (χ2v) is 5.50. The van der Waals surface area contributed by atoms with Gasteiger partial charge in [0.25, 0.3) is 0 Å². The van der Waals surface area contributed by atoms with Gasteiger partial charge in [-0.2, -0.15) is 0 Å². The van der Waals surface area contributed by atoms with Crippen molar-refractivity contribution in [1.29, 1.82) is 0 Å². The van der Waals surface area contributed by atoms with Crippen molar-refractivity contribution in [3.63, 3.8) is 0 Å². The van der Waals surface area contributed by atoms with E-state index in [0.717, 1.165) is 12.1 Å². The molecule has 0 fully saturated rings. The lowest BCUT2D eigenvalue weighted by Gasteiger charge is -2.12. The fraction of sp³-hybridized carbons (Fsp3) is 0.286. The van der Waals surface area contributed by atoms with Crippen molar-refractivity contribution in [3.8, 4) is 0 Å². The Labute approximate surface area is 120 Å². The summed E-state index contributed by atoms with van der Waals surface area (Å²) < 4.78 is 31.9. The number of carbonyl (C=O) groups excluding carboxylic acids is 1. The molecule has 0 bridgehead atoms. The topological polar surface area (TPSA) is 67.2 Å². The van der Waals surface area contributed by atoms with Crippen molar-refractivity contribution in [2.24, 2.45) is 0 Å². The van der Waals surface area contributed by atoms with Crippen LogP contribution in [0, 0.1) is 11.6 Å². The Balaban J connectivity index is 2.07. The average Bonchev–Trinajstić information content (AvgIpc) is 2.82. The van der Waals surface area contributed by atoms with E-state index in [4.69, 9.17) is 4.52 Å². The van der Waals surface area contributed by atoms with Crippen molar-refractivity contribution in [2.75, 3.05) is 10.6 Å². The lowest BCUT2D eigenvalue weighted by atomic mass is 9.93. The molecule has 1 aromatic heterocycles. The van der Waals surface area contributed by atoms with Crippen molar-refractivity contribution < 1.29 is 18.1 Å². The van der Waals surface area contributed by atoms with Crippen LogP contribution in [0.4, 0.5) is 25.1 Å². The molecule has 0 spiro atoms. The minimum atomic E-state index is -0.860. The van der Waals surface area contributed by atoms with E-state index in [1.807, 2.05) is 20.8 Å². The first-order valence-corrected chi connectivity index (χ1v) is 6.26. The Morgan fingerprint density at radius 2 is 1.81 bits per heavy atom. The molecule has 2 N–H and O–H groups in total. The number of hydrogen-bond acceptors (Lipinski definition) is 3. The molecule has 0 aliphatic rings. The summed E-state index contributed by atoms with van der Waals surface area (Å²) >= 11 is 0. The zero-order valence-corrected chi connectivity index (χ0v) is 11.8. The lowest BCUT2D eigenvalue weighted by molar-refractivity contribution is 0.261. The number of nitrogens with one attached hydrogen (secondary N) is 2. The van der Waals surface area contributed by atoms with Crippen molar-refractivity contribution in [1.82, 2.24) is 5.16 Å². The van der Waals surface area contributed by atoms with Crippen LogP contribution in [0.3, 0.4) is 0 Å². The number of nitrogens with zero attached hydrogens (tertiary/aromatic N) is 1. The second kappa shape index (κ2) is 5.51. The minimum Gasteiger partial charge on any atom is -0.359 e. The summed E-state index contributed by atoms with van der Waals surface area (Å²) in [5.41, 5.74) is -0.782. The van der Waals surface area contributed by atoms with Crippen LogP contribution < -0.4 is 10.6 Å². The first-order chi connectivity index (χ1) is 9.77. The molecule has 0 atom stereocenters. The van der Waals surface area contributed by atoms with Crippen molar-refractivity contribution in [3.05, 3.63) is 41.7 Å². The third kappa shape index (κ3) is 3.56. The van der Waals surface area contributed by atoms with Gasteiger partial charge >= 0.3 is 6.03 Å². The van der Waals surface area contributed by atoms with Gasteiger partial charge in [-0.25, -0.2) is 13.6 Å². The van der Waals surface area contributed by atoms with Crippen LogP contribution in [0.2, 0.25) is 0 Å². The molecule has 0 saturated carbocycles. The highest BCUT2D eigenvalue weighted by atomic mass is 19.1. The summed E-state index contributed by atoms with van der Waals surface area (Å²) in [4.78, 5) is 11.7. The average molecular weight is 295 g/mol. The van der Waals surface area contributed by atoms with Crippen LogP contribution in [0.15, 0.2) is 28.8 Å². The van der Waals surface area contributed by atoms with E-state index in [2.05, 4.69) is 15.8 Å². The number of para-hydroxylation sites is 1. The third-order valence-electron chi connectivity index (χ3n) is 2.69. The number of rotatable bonds is 2. The molecule has 2 amide bonds. The second-order valence-electron chi connectivity index (χ2n) is 5.50. The largest absolute Gasteiger partial charge is 0.359 e. The van der Waals surface area contributed by atoms with Crippen LogP contribution in [0.25, 0.3) is 0 Å². The Morgan fingerprint density at radius 3 is 2.33 bits per heavy atom. The number of aromatic nitrogens is 1. The standard InChI is InChI=1S/C14H15F2N3O2/c1-14(2,3)10-7-11(19-21-10)17-13(20)18-12-8(15)5-4-6-9(12)16/h4-7H,1-3H3,(H2,17,18,19,20). The van der Waals surface area contributed by atoms with Gasteiger partial charge < -0.3 is 9.84 Å². The van der Waals surface area contributed by atoms with Gasteiger partial charge in [0.15, 0.2) is 5.82 Å². The fourth-order valence-corrected chi connectivity index (χ4v) is 1.57. The van der Waals surface area contributed by atoms with Gasteiger partial charge in [-0.1, -0.05) is 32.0 Å². The minimum absolute atomic E-state index is 0.161. The zero-order chi connectivity index (χ0) is 15.6. The van der Waals surface area contributed by atoms with Crippen LogP contribution in [0.5, 0.6) is 0 Å². The molecule has 0 aliphatic heterocycles. The van der Waals surface area contributed by atoms with Crippen LogP contribution >= 0.6 is 0 Å². The molecule has 7 heteroatoms. The molecule has 1 aromatic carbocycles. The summed E-state index contributed by atoms with van der Waals surface area (Å²) in [6, 6.07) is 4.05. The fourth-order valence-electron chi connectivity index (χ4n) is 1.57. The number of benzene rings is 1. The quantitative estimate of drug-likeness (QED) is 0.883. The lowest BCUT2D eigenvalue weighted by Crippen LogP contribution is -2.21. The van der Waals surface area contributed by atoms with Crippen molar-refractivity contribution >= 4 is 17.5 Å². The number of amides is 2. The molecular weight excluding hydrogens is 280 g/mol. The van der Waals surface area contributed by atoms with Gasteiger partial charge in [-0.05, 0) is 12.1 Å². The highest BCUT2D eigenvalue weighted by Crippen LogP contribution is 2.24. The Kier molecular flexibility index (Phi) is 3.93. The SMILES string of the molecule is CC(C)(C)c1cc(NC(=O)Nc2c(F)cccc2F)no1. The van der Waals surface area contributed by atoms with E-state index in [9.17, 15) is 13.6 Å². The molecule has 0 saturated heterocycles. The molecule has 2 aromatic rings. The van der Waals surface area contributed by atoms with Crippen LogP contribution in [0.1, 0.15) is 26.5 Å². The van der Waals surface area contributed by atoms with E-state index < -0.39 is 23.4 Å². The van der Waals surface area contributed by atoms with Gasteiger partial charge in [-0.3, -0.25) is 5.32 Å². The smallest absolute Gasteiger partial charge is 0.325 e. The molecule has 112 valence electrons. The summed E-state index contributed by atoms with van der Waals surface area (Å²) in [6.45, 7) is 5.77. The monoisotopic (exact) mass is 295 g/mol. The van der Waals surface area contributed by atoms with Gasteiger partial charge in [0.2, 0.25) is 0 Å². The molecule has 1 heterocycles. The van der Waals surface area contributed by atoms with E-state index in [-0.39, 0.29) is 11.2 Å². The van der Waals surface area contributed by atoms with E-state index in [0.29, 0.717) is 5.76 Å². The molecule has 2 rings (SSSR count). The molecular formula is C14H15F2N3O2. The Hall–Kier alpha value is -2.44. The van der Waals surface area contributed by atoms with Crippen LogP contribution in [-0.2, 0) is 5.41 Å². The predicted octanol–water partition coefficient (Wildman–Crippen LogP) is 3.89. The summed E-state index contributed by atoms with van der Waals surface area (Å²) in [5.74, 6) is -0.981. The first-order valence-electron chi connectivity index (χ1n) is 6.26. The number of halogens is 2. The van der Waals surface area contributed by atoms with E-state index in [1.165, 1.54) is 6.07 Å². The van der Waals surface area contributed by atoms with Gasteiger partial charge in [0.1, 0.15) is 23.1 Å². The number of hydrogen-bond donors (Lipinski definition) is 2. The molecule has 0 radical (unpaired) electrons. The summed E-state index contributed by atoms with van der Waals surface area (Å²) in [7, 11) is 0. The van der Waals surface area contributed by atoms with Crippen LogP contribution in [-0.4, -0.2) is 11.2 Å². The Bertz CT molecular complexity index is 642. The zero-order valence-electron chi connectivity index (χ0n) is 11.8. The van der Waals surface area contributed by atoms with Gasteiger partial charge in [0.05, 0.1) is 0 Å². The molecule has 21 heavy (non-hydrogen) atoms. The van der Waals surface area contributed by atoms with Crippen molar-refractivity contribution in [2.45, 2.75) is 26.2 Å². The maximum Gasteiger partial charge on any atom is 0.325 e. The van der Waals surface area contributed by atoms with Gasteiger partial charge in [0, 0.05) is 11.5 Å². The highest BCUT2D eigenvalue weighted by molar-refractivity contribution is 5.99. The third-order valence-corrected chi connectivity index (χ3v) is 2.69. The Morgan fingerprint density at radius 1 is 1.19 bits per heavy atom. The maximum atomic E-state index is 13.4. The highest BCUT2D eigenvalue weighted by Gasteiger charge is 2.20. The number of carbonyl (C=O) groups is 1. The summed E-state index contributed by atoms with van der Waals surface area (Å²) in [6.07, 6.45) is 0. The molecule has 5 nitrogen and oxygen atoms in total. The predicted molar refractivity (Wildman–Crippen MR) is 74.2 cm³/mol. The first kappa shape index (κ1) is 15.0.